The minimum absolute atomic E-state index is 1.09. The molecule has 3 aromatic rings. The number of aryl methyl sites for hydroxylation is 3. The van der Waals surface area contributed by atoms with Crippen LogP contribution < -0.4 is 0 Å². The smallest absolute Gasteiger partial charge is 0.141 e. The number of nitrogens with zero attached hydrogens (tertiary/aromatic N) is 5. The summed E-state index contributed by atoms with van der Waals surface area (Å²) in [4.78, 5) is 0. The molecule has 0 atom stereocenters. The molecule has 5 heteroatoms. The molecule has 22 heavy (non-hydrogen) atoms. The first-order valence-corrected chi connectivity index (χ1v) is 7.21. The Bertz CT molecular complexity index is 805. The Balaban J connectivity index is 2.03. The standard InChI is InChI=1S/C17H19N5/c1-12-5-13(2)7-17(6-12)22-14(3)8-16(15(22)4)9-20-21-10-18-19-11-21/h5-11H,1-4H3/b20-9-. The van der Waals surface area contributed by atoms with Crippen LogP contribution in [0.1, 0.15) is 28.1 Å². The van der Waals surface area contributed by atoms with E-state index in [1.807, 2.05) is 6.21 Å². The van der Waals surface area contributed by atoms with E-state index in [2.05, 4.69) is 71.8 Å². The van der Waals surface area contributed by atoms with Gasteiger partial charge in [-0.3, -0.25) is 0 Å². The minimum Gasteiger partial charge on any atom is -0.318 e. The van der Waals surface area contributed by atoms with Crippen molar-refractivity contribution in [3.8, 4) is 5.69 Å². The summed E-state index contributed by atoms with van der Waals surface area (Å²) in [5.74, 6) is 0. The Kier molecular flexibility index (Phi) is 3.63. The summed E-state index contributed by atoms with van der Waals surface area (Å²) in [5, 5.41) is 11.8. The quantitative estimate of drug-likeness (QED) is 0.696. The molecule has 0 fully saturated rings. The van der Waals surface area contributed by atoms with E-state index >= 15 is 0 Å². The highest BCUT2D eigenvalue weighted by Crippen LogP contribution is 2.21. The van der Waals surface area contributed by atoms with Crippen molar-refractivity contribution in [3.63, 3.8) is 0 Å². The molecule has 0 saturated heterocycles. The molecule has 0 aliphatic rings. The van der Waals surface area contributed by atoms with Gasteiger partial charge in [-0.25, -0.2) is 4.68 Å². The Morgan fingerprint density at radius 3 is 2.18 bits per heavy atom. The van der Waals surface area contributed by atoms with Crippen molar-refractivity contribution >= 4 is 6.21 Å². The number of benzene rings is 1. The summed E-state index contributed by atoms with van der Waals surface area (Å²) in [7, 11) is 0. The SMILES string of the molecule is Cc1cc(C)cc(-n2c(C)cc(/C=N\n3cnnc3)c2C)c1. The maximum absolute atomic E-state index is 4.33. The molecule has 0 bridgehead atoms. The van der Waals surface area contributed by atoms with Crippen LogP contribution in [-0.4, -0.2) is 25.7 Å². The van der Waals surface area contributed by atoms with Crippen LogP contribution in [0, 0.1) is 27.7 Å². The van der Waals surface area contributed by atoms with Gasteiger partial charge in [0.25, 0.3) is 0 Å². The molecule has 0 aliphatic carbocycles. The molecule has 0 amide bonds. The average Bonchev–Trinajstić information content (AvgIpc) is 3.04. The molecule has 0 saturated carbocycles. The monoisotopic (exact) mass is 293 g/mol. The molecule has 2 heterocycles. The fourth-order valence-corrected chi connectivity index (χ4v) is 2.78. The van der Waals surface area contributed by atoms with Crippen LogP contribution in [0.25, 0.3) is 5.69 Å². The average molecular weight is 293 g/mol. The largest absolute Gasteiger partial charge is 0.318 e. The third-order valence-corrected chi connectivity index (χ3v) is 3.67. The van der Waals surface area contributed by atoms with E-state index in [1.165, 1.54) is 28.2 Å². The van der Waals surface area contributed by atoms with Crippen LogP contribution in [-0.2, 0) is 0 Å². The third kappa shape index (κ3) is 2.70. The molecular formula is C17H19N5. The second kappa shape index (κ2) is 5.60. The maximum atomic E-state index is 4.33. The Hall–Kier alpha value is -2.69. The van der Waals surface area contributed by atoms with Crippen LogP contribution in [0.3, 0.4) is 0 Å². The summed E-state index contributed by atoms with van der Waals surface area (Å²) >= 11 is 0. The van der Waals surface area contributed by atoms with Crippen molar-refractivity contribution in [2.24, 2.45) is 5.10 Å². The van der Waals surface area contributed by atoms with E-state index in [-0.39, 0.29) is 0 Å². The molecule has 2 aromatic heterocycles. The van der Waals surface area contributed by atoms with Crippen LogP contribution >= 0.6 is 0 Å². The summed E-state index contributed by atoms with van der Waals surface area (Å²) in [6.07, 6.45) is 4.98. The first kappa shape index (κ1) is 14.3. The molecule has 3 rings (SSSR count). The van der Waals surface area contributed by atoms with Gasteiger partial charge in [0.2, 0.25) is 0 Å². The molecule has 0 N–H and O–H groups in total. The molecule has 5 nitrogen and oxygen atoms in total. The van der Waals surface area contributed by atoms with Gasteiger partial charge in [-0.05, 0) is 57.0 Å². The fourth-order valence-electron chi connectivity index (χ4n) is 2.78. The van der Waals surface area contributed by atoms with Crippen molar-refractivity contribution in [2.75, 3.05) is 0 Å². The van der Waals surface area contributed by atoms with Gasteiger partial charge in [0.1, 0.15) is 12.7 Å². The lowest BCUT2D eigenvalue weighted by atomic mass is 10.1. The number of rotatable bonds is 3. The second-order valence-corrected chi connectivity index (χ2v) is 5.59. The van der Waals surface area contributed by atoms with Gasteiger partial charge in [-0.1, -0.05) is 6.07 Å². The lowest BCUT2D eigenvalue weighted by Crippen LogP contribution is -2.00. The fraction of sp³-hybridized carbons (Fsp3) is 0.235. The topological polar surface area (TPSA) is 48.0 Å². The van der Waals surface area contributed by atoms with Crippen LogP contribution in [0.4, 0.5) is 0 Å². The lowest BCUT2D eigenvalue weighted by molar-refractivity contribution is 0.877. The van der Waals surface area contributed by atoms with Gasteiger partial charge < -0.3 is 4.57 Å². The van der Waals surface area contributed by atoms with Gasteiger partial charge in [0.15, 0.2) is 0 Å². The molecule has 1 aromatic carbocycles. The molecule has 0 unspecified atom stereocenters. The van der Waals surface area contributed by atoms with Gasteiger partial charge in [0, 0.05) is 22.6 Å². The summed E-state index contributed by atoms with van der Waals surface area (Å²) in [6.45, 7) is 8.47. The Labute approximate surface area is 129 Å². The van der Waals surface area contributed by atoms with Gasteiger partial charge in [-0.15, -0.1) is 10.2 Å². The molecule has 0 radical (unpaired) electrons. The predicted molar refractivity (Wildman–Crippen MR) is 87.7 cm³/mol. The predicted octanol–water partition coefficient (Wildman–Crippen LogP) is 3.18. The van der Waals surface area contributed by atoms with Gasteiger partial charge >= 0.3 is 0 Å². The van der Waals surface area contributed by atoms with Crippen molar-refractivity contribution in [1.82, 2.24) is 19.4 Å². The summed E-state index contributed by atoms with van der Waals surface area (Å²) in [6, 6.07) is 8.73. The minimum atomic E-state index is 1.09. The highest BCUT2D eigenvalue weighted by Gasteiger charge is 2.10. The maximum Gasteiger partial charge on any atom is 0.141 e. The summed E-state index contributed by atoms with van der Waals surface area (Å²) in [5.41, 5.74) is 7.17. The zero-order valence-electron chi connectivity index (χ0n) is 13.3. The van der Waals surface area contributed by atoms with Gasteiger partial charge in [-0.2, -0.15) is 5.10 Å². The summed E-state index contributed by atoms with van der Waals surface area (Å²) < 4.78 is 3.84. The third-order valence-electron chi connectivity index (χ3n) is 3.67. The van der Waals surface area contributed by atoms with Crippen molar-refractivity contribution in [2.45, 2.75) is 27.7 Å². The molecular weight excluding hydrogens is 274 g/mol. The first-order chi connectivity index (χ1) is 10.5. The van der Waals surface area contributed by atoms with E-state index < -0.39 is 0 Å². The Morgan fingerprint density at radius 1 is 0.909 bits per heavy atom. The van der Waals surface area contributed by atoms with Crippen LogP contribution in [0.15, 0.2) is 42.0 Å². The van der Waals surface area contributed by atoms with Crippen molar-refractivity contribution < 1.29 is 0 Å². The highest BCUT2D eigenvalue weighted by molar-refractivity contribution is 5.82. The lowest BCUT2D eigenvalue weighted by Gasteiger charge is -2.11. The Morgan fingerprint density at radius 2 is 1.55 bits per heavy atom. The highest BCUT2D eigenvalue weighted by atomic mass is 15.4. The molecule has 0 aliphatic heterocycles. The normalized spacial score (nSPS) is 11.5. The second-order valence-electron chi connectivity index (χ2n) is 5.59. The van der Waals surface area contributed by atoms with E-state index in [4.69, 9.17) is 0 Å². The van der Waals surface area contributed by atoms with Crippen LogP contribution in [0.5, 0.6) is 0 Å². The van der Waals surface area contributed by atoms with Crippen molar-refractivity contribution in [3.05, 3.63) is 65.0 Å². The zero-order chi connectivity index (χ0) is 15.7. The van der Waals surface area contributed by atoms with E-state index in [1.54, 1.807) is 17.3 Å². The first-order valence-electron chi connectivity index (χ1n) is 7.21. The molecule has 112 valence electrons. The van der Waals surface area contributed by atoms with E-state index in [0.29, 0.717) is 0 Å². The van der Waals surface area contributed by atoms with Crippen molar-refractivity contribution in [1.29, 1.82) is 0 Å². The number of aromatic nitrogens is 4. The zero-order valence-corrected chi connectivity index (χ0v) is 13.3. The van der Waals surface area contributed by atoms with Gasteiger partial charge in [0.05, 0.1) is 6.21 Å². The van der Waals surface area contributed by atoms with E-state index in [9.17, 15) is 0 Å². The molecule has 0 spiro atoms. The number of hydrogen-bond acceptors (Lipinski definition) is 3. The number of hydrogen-bond donors (Lipinski definition) is 0. The van der Waals surface area contributed by atoms with E-state index in [0.717, 1.165) is 5.56 Å². The van der Waals surface area contributed by atoms with Crippen LogP contribution in [0.2, 0.25) is 0 Å².